The second kappa shape index (κ2) is 11.6. The lowest BCUT2D eigenvalue weighted by Crippen LogP contribution is -2.41. The number of hydrogen-bond donors (Lipinski definition) is 1. The number of carbonyl (C=O) groups excluding carboxylic acids is 1. The molecule has 8 heteroatoms. The molecule has 0 radical (unpaired) electrons. The normalized spacial score (nSPS) is 11.0. The zero-order valence-electron chi connectivity index (χ0n) is 19.7. The monoisotopic (exact) mass is 482 g/mol. The molecule has 0 saturated heterocycles. The van der Waals surface area contributed by atoms with Crippen LogP contribution in [0, 0.1) is 13.8 Å². The molecule has 0 aliphatic carbocycles. The maximum Gasteiger partial charge on any atom is 0.264 e. The van der Waals surface area contributed by atoms with E-state index in [9.17, 15) is 13.2 Å². The quantitative estimate of drug-likeness (QED) is 0.416. The van der Waals surface area contributed by atoms with Crippen molar-refractivity contribution in [2.75, 3.05) is 30.6 Å². The smallest absolute Gasteiger partial charge is 0.264 e. The summed E-state index contributed by atoms with van der Waals surface area (Å²) in [5.41, 5.74) is 2.56. The number of carbonyl (C=O) groups is 1. The Labute approximate surface area is 201 Å². The highest BCUT2D eigenvalue weighted by atomic mass is 32.2. The van der Waals surface area contributed by atoms with Crippen molar-refractivity contribution in [1.29, 1.82) is 0 Å². The summed E-state index contributed by atoms with van der Waals surface area (Å²) in [6.07, 6.45) is 0. The van der Waals surface area contributed by atoms with Gasteiger partial charge in [-0.15, -0.1) is 0 Å². The molecule has 0 atom stereocenters. The molecule has 0 bridgehead atoms. The minimum atomic E-state index is -3.98. The summed E-state index contributed by atoms with van der Waals surface area (Å²) in [7, 11) is -3.98. The van der Waals surface area contributed by atoms with Crippen molar-refractivity contribution in [2.45, 2.75) is 25.7 Å². The van der Waals surface area contributed by atoms with Gasteiger partial charge >= 0.3 is 0 Å². The van der Waals surface area contributed by atoms with E-state index in [-0.39, 0.29) is 24.6 Å². The highest BCUT2D eigenvalue weighted by Gasteiger charge is 2.27. The number of ether oxygens (including phenoxy) is 2. The van der Waals surface area contributed by atoms with Gasteiger partial charge in [-0.2, -0.15) is 0 Å². The molecule has 0 spiro atoms. The summed E-state index contributed by atoms with van der Waals surface area (Å²) in [5.74, 6) is 0.903. The van der Waals surface area contributed by atoms with Crippen LogP contribution in [0.3, 0.4) is 0 Å². The van der Waals surface area contributed by atoms with Crippen molar-refractivity contribution >= 4 is 21.6 Å². The van der Waals surface area contributed by atoms with Gasteiger partial charge in [-0.25, -0.2) is 8.42 Å². The molecule has 1 N–H and O–H groups in total. The zero-order valence-corrected chi connectivity index (χ0v) is 20.5. The van der Waals surface area contributed by atoms with E-state index >= 15 is 0 Å². The van der Waals surface area contributed by atoms with E-state index in [4.69, 9.17) is 9.47 Å². The van der Waals surface area contributed by atoms with Gasteiger partial charge in [0.05, 0.1) is 23.7 Å². The summed E-state index contributed by atoms with van der Waals surface area (Å²) in [5, 5.41) is 2.74. The van der Waals surface area contributed by atoms with Gasteiger partial charge in [-0.3, -0.25) is 9.10 Å². The topological polar surface area (TPSA) is 84.9 Å². The Morgan fingerprint density at radius 1 is 0.941 bits per heavy atom. The molecule has 0 aliphatic rings. The first-order chi connectivity index (χ1) is 16.3. The molecule has 0 heterocycles. The van der Waals surface area contributed by atoms with Gasteiger partial charge < -0.3 is 14.8 Å². The molecule has 34 heavy (non-hydrogen) atoms. The van der Waals surface area contributed by atoms with Crippen LogP contribution in [0.5, 0.6) is 11.5 Å². The van der Waals surface area contributed by atoms with Crippen LogP contribution in [0.25, 0.3) is 0 Å². The molecule has 1 amide bonds. The summed E-state index contributed by atoms with van der Waals surface area (Å²) >= 11 is 0. The Balaban J connectivity index is 1.68. The van der Waals surface area contributed by atoms with E-state index in [1.54, 1.807) is 42.5 Å². The van der Waals surface area contributed by atoms with E-state index in [1.807, 2.05) is 39.0 Å². The number of anilines is 1. The molecule has 0 aromatic heterocycles. The molecule has 3 aromatic rings. The second-order valence-corrected chi connectivity index (χ2v) is 9.58. The van der Waals surface area contributed by atoms with Crippen molar-refractivity contribution in [1.82, 2.24) is 5.32 Å². The molecule has 3 aromatic carbocycles. The van der Waals surface area contributed by atoms with E-state index in [0.717, 1.165) is 21.2 Å². The average molecular weight is 483 g/mol. The fourth-order valence-corrected chi connectivity index (χ4v) is 4.83. The lowest BCUT2D eigenvalue weighted by molar-refractivity contribution is -0.119. The van der Waals surface area contributed by atoms with Crippen LogP contribution in [-0.4, -0.2) is 40.6 Å². The lowest BCUT2D eigenvalue weighted by Gasteiger charge is -2.24. The number of sulfonamides is 1. The highest BCUT2D eigenvalue weighted by molar-refractivity contribution is 7.92. The van der Waals surface area contributed by atoms with Crippen LogP contribution in [0.15, 0.2) is 77.7 Å². The Morgan fingerprint density at radius 3 is 2.29 bits per heavy atom. The third-order valence-corrected chi connectivity index (χ3v) is 6.85. The minimum absolute atomic E-state index is 0.0748. The molecule has 7 nitrogen and oxygen atoms in total. The summed E-state index contributed by atoms with van der Waals surface area (Å²) < 4.78 is 39.0. The van der Waals surface area contributed by atoms with Crippen molar-refractivity contribution in [3.63, 3.8) is 0 Å². The van der Waals surface area contributed by atoms with Crippen LogP contribution in [0.2, 0.25) is 0 Å². The van der Waals surface area contributed by atoms with Gasteiger partial charge in [0.1, 0.15) is 24.7 Å². The largest absolute Gasteiger partial charge is 0.494 e. The predicted molar refractivity (Wildman–Crippen MR) is 133 cm³/mol. The fourth-order valence-electron chi connectivity index (χ4n) is 3.41. The van der Waals surface area contributed by atoms with E-state index < -0.39 is 15.9 Å². The minimum Gasteiger partial charge on any atom is -0.494 e. The number of hydrogen-bond acceptors (Lipinski definition) is 5. The van der Waals surface area contributed by atoms with Crippen molar-refractivity contribution < 1.29 is 22.7 Å². The Bertz CT molecular complexity index is 1200. The second-order valence-electron chi connectivity index (χ2n) is 7.72. The number of rotatable bonds is 11. The molecule has 0 fully saturated rings. The van der Waals surface area contributed by atoms with Crippen LogP contribution >= 0.6 is 0 Å². The Hall–Kier alpha value is -3.52. The molecule has 180 valence electrons. The predicted octanol–water partition coefficient (Wildman–Crippen LogP) is 4.09. The maximum atomic E-state index is 13.4. The summed E-state index contributed by atoms with van der Waals surface area (Å²) in [6, 6.07) is 20.6. The van der Waals surface area contributed by atoms with Crippen molar-refractivity contribution in [3.8, 4) is 11.5 Å². The molecule has 0 aliphatic heterocycles. The third kappa shape index (κ3) is 6.51. The van der Waals surface area contributed by atoms with Gasteiger partial charge in [-0.05, 0) is 68.8 Å². The number of nitrogens with one attached hydrogen (secondary N) is 1. The van der Waals surface area contributed by atoms with Crippen LogP contribution in [0.1, 0.15) is 18.1 Å². The third-order valence-electron chi connectivity index (χ3n) is 5.07. The molecule has 0 saturated carbocycles. The fraction of sp³-hybridized carbons (Fsp3) is 0.269. The first-order valence-corrected chi connectivity index (χ1v) is 12.5. The number of amides is 1. The lowest BCUT2D eigenvalue weighted by atomic mass is 10.1. The molecule has 3 rings (SSSR count). The molecular weight excluding hydrogens is 452 g/mol. The van der Waals surface area contributed by atoms with E-state index in [1.165, 1.54) is 12.1 Å². The summed E-state index contributed by atoms with van der Waals surface area (Å²) in [4.78, 5) is 12.7. The van der Waals surface area contributed by atoms with Crippen LogP contribution in [-0.2, 0) is 14.8 Å². The summed E-state index contributed by atoms with van der Waals surface area (Å²) in [6.45, 7) is 6.47. The van der Waals surface area contributed by atoms with Crippen LogP contribution < -0.4 is 19.1 Å². The van der Waals surface area contributed by atoms with Crippen molar-refractivity contribution in [3.05, 3.63) is 83.9 Å². The van der Waals surface area contributed by atoms with Gasteiger partial charge in [0, 0.05) is 0 Å². The van der Waals surface area contributed by atoms with Crippen LogP contribution in [0.4, 0.5) is 5.69 Å². The number of aryl methyl sites for hydroxylation is 2. The highest BCUT2D eigenvalue weighted by Crippen LogP contribution is 2.25. The van der Waals surface area contributed by atoms with Gasteiger partial charge in [0.15, 0.2) is 0 Å². The number of nitrogens with zero attached hydrogens (tertiary/aromatic N) is 1. The molecule has 0 unspecified atom stereocenters. The van der Waals surface area contributed by atoms with E-state index in [0.29, 0.717) is 18.0 Å². The van der Waals surface area contributed by atoms with Gasteiger partial charge in [-0.1, -0.05) is 35.9 Å². The average Bonchev–Trinajstić information content (AvgIpc) is 2.82. The first kappa shape index (κ1) is 25.1. The number of para-hydroxylation sites is 1. The van der Waals surface area contributed by atoms with Gasteiger partial charge in [0.25, 0.3) is 10.0 Å². The SMILES string of the molecule is CCOc1ccc(S(=O)(=O)N(CC(=O)NCCOc2ccc(C)cc2C)c2ccccc2)cc1. The Morgan fingerprint density at radius 2 is 1.65 bits per heavy atom. The van der Waals surface area contributed by atoms with Gasteiger partial charge in [0.2, 0.25) is 5.91 Å². The molecular formula is C26H30N2O5S. The Kier molecular flexibility index (Phi) is 8.54. The maximum absolute atomic E-state index is 13.4. The number of benzene rings is 3. The van der Waals surface area contributed by atoms with Crippen molar-refractivity contribution in [2.24, 2.45) is 0 Å². The van der Waals surface area contributed by atoms with E-state index in [2.05, 4.69) is 5.32 Å². The first-order valence-electron chi connectivity index (χ1n) is 11.1. The standard InChI is InChI=1S/C26H30N2O5S/c1-4-32-23-11-13-24(14-12-23)34(30,31)28(22-8-6-5-7-9-22)19-26(29)27-16-17-33-25-15-10-20(2)18-21(25)3/h5-15,18H,4,16-17,19H2,1-3H3,(H,27,29). The zero-order chi connectivity index (χ0) is 24.6.